The summed E-state index contributed by atoms with van der Waals surface area (Å²) in [6, 6.07) is 7.81. The molecule has 1 aromatic rings. The summed E-state index contributed by atoms with van der Waals surface area (Å²) in [5.74, 6) is 0. The van der Waals surface area contributed by atoms with E-state index >= 15 is 0 Å². The Morgan fingerprint density at radius 2 is 2.07 bits per heavy atom. The van der Waals surface area contributed by atoms with Gasteiger partial charge in [-0.3, -0.25) is 0 Å². The quantitative estimate of drug-likeness (QED) is 0.538. The third-order valence-electron chi connectivity index (χ3n) is 2.05. The standard InChI is InChI=1S/C11H18N2O/c1-14-9-5-4-8-13-11-7-3-2-6-10(11)12/h2-3,6-7,13H,4-5,8-9,12H2,1H3. The monoisotopic (exact) mass is 194 g/mol. The van der Waals surface area contributed by atoms with E-state index in [1.807, 2.05) is 24.3 Å². The summed E-state index contributed by atoms with van der Waals surface area (Å²) in [4.78, 5) is 0. The number of ether oxygens (including phenoxy) is 1. The first-order valence-electron chi connectivity index (χ1n) is 4.92. The summed E-state index contributed by atoms with van der Waals surface area (Å²) < 4.78 is 4.97. The van der Waals surface area contributed by atoms with Crippen molar-refractivity contribution in [2.45, 2.75) is 12.8 Å². The van der Waals surface area contributed by atoms with Crippen LogP contribution in [0.5, 0.6) is 0 Å². The van der Waals surface area contributed by atoms with Crippen molar-refractivity contribution in [3.8, 4) is 0 Å². The summed E-state index contributed by atoms with van der Waals surface area (Å²) in [5.41, 5.74) is 7.60. The predicted octanol–water partition coefficient (Wildman–Crippen LogP) is 2.11. The van der Waals surface area contributed by atoms with Gasteiger partial charge >= 0.3 is 0 Å². The zero-order valence-corrected chi connectivity index (χ0v) is 8.62. The summed E-state index contributed by atoms with van der Waals surface area (Å²) in [6.45, 7) is 1.77. The third-order valence-corrected chi connectivity index (χ3v) is 2.05. The van der Waals surface area contributed by atoms with Crippen LogP contribution in [0.4, 0.5) is 11.4 Å². The number of para-hydroxylation sites is 2. The van der Waals surface area contributed by atoms with Crippen molar-refractivity contribution in [2.24, 2.45) is 0 Å². The maximum absolute atomic E-state index is 5.77. The minimum absolute atomic E-state index is 0.805. The molecule has 14 heavy (non-hydrogen) atoms. The molecule has 0 aliphatic carbocycles. The van der Waals surface area contributed by atoms with Gasteiger partial charge in [0.1, 0.15) is 0 Å². The summed E-state index contributed by atoms with van der Waals surface area (Å²) in [5, 5.41) is 3.29. The van der Waals surface area contributed by atoms with Crippen LogP contribution in [0.2, 0.25) is 0 Å². The lowest BCUT2D eigenvalue weighted by molar-refractivity contribution is 0.194. The molecule has 0 aliphatic heterocycles. The Morgan fingerprint density at radius 3 is 2.79 bits per heavy atom. The maximum Gasteiger partial charge on any atom is 0.0573 e. The molecule has 0 heterocycles. The molecule has 3 nitrogen and oxygen atoms in total. The highest BCUT2D eigenvalue weighted by molar-refractivity contribution is 5.65. The molecule has 0 amide bonds. The third kappa shape index (κ3) is 3.66. The van der Waals surface area contributed by atoms with E-state index in [4.69, 9.17) is 10.5 Å². The van der Waals surface area contributed by atoms with Gasteiger partial charge in [-0.25, -0.2) is 0 Å². The fourth-order valence-corrected chi connectivity index (χ4v) is 1.25. The maximum atomic E-state index is 5.77. The van der Waals surface area contributed by atoms with E-state index in [9.17, 15) is 0 Å². The molecule has 0 aliphatic rings. The zero-order chi connectivity index (χ0) is 10.2. The van der Waals surface area contributed by atoms with Crippen molar-refractivity contribution in [3.05, 3.63) is 24.3 Å². The summed E-state index contributed by atoms with van der Waals surface area (Å²) >= 11 is 0. The van der Waals surface area contributed by atoms with Crippen LogP contribution >= 0.6 is 0 Å². The van der Waals surface area contributed by atoms with Crippen LogP contribution in [0.25, 0.3) is 0 Å². The number of rotatable bonds is 6. The second-order valence-electron chi connectivity index (χ2n) is 3.21. The molecule has 0 aromatic heterocycles. The molecule has 3 heteroatoms. The first-order valence-corrected chi connectivity index (χ1v) is 4.92. The SMILES string of the molecule is COCCCCNc1ccccc1N. The van der Waals surface area contributed by atoms with Gasteiger partial charge in [0.05, 0.1) is 11.4 Å². The minimum Gasteiger partial charge on any atom is -0.397 e. The van der Waals surface area contributed by atoms with Gasteiger partial charge < -0.3 is 15.8 Å². The first kappa shape index (κ1) is 10.9. The van der Waals surface area contributed by atoms with Crippen LogP contribution in [-0.4, -0.2) is 20.3 Å². The van der Waals surface area contributed by atoms with Gasteiger partial charge in [0.15, 0.2) is 0 Å². The highest BCUT2D eigenvalue weighted by Gasteiger charge is 1.95. The normalized spacial score (nSPS) is 10.1. The number of methoxy groups -OCH3 is 1. The molecule has 0 fully saturated rings. The van der Waals surface area contributed by atoms with E-state index in [1.54, 1.807) is 7.11 Å². The molecule has 0 unspecified atom stereocenters. The molecule has 0 saturated carbocycles. The number of nitrogen functional groups attached to an aromatic ring is 1. The van der Waals surface area contributed by atoms with Crippen LogP contribution in [-0.2, 0) is 4.74 Å². The number of benzene rings is 1. The number of hydrogen-bond donors (Lipinski definition) is 2. The van der Waals surface area contributed by atoms with Gasteiger partial charge in [-0.1, -0.05) is 12.1 Å². The van der Waals surface area contributed by atoms with E-state index in [2.05, 4.69) is 5.32 Å². The molecule has 0 radical (unpaired) electrons. The van der Waals surface area contributed by atoms with Gasteiger partial charge in [-0.2, -0.15) is 0 Å². The fraction of sp³-hybridized carbons (Fsp3) is 0.455. The van der Waals surface area contributed by atoms with Gasteiger partial charge in [0.25, 0.3) is 0 Å². The number of nitrogens with two attached hydrogens (primary N) is 1. The summed E-state index contributed by atoms with van der Waals surface area (Å²) in [7, 11) is 1.72. The molecule has 0 spiro atoms. The number of hydrogen-bond acceptors (Lipinski definition) is 3. The molecular formula is C11H18N2O. The number of unbranched alkanes of at least 4 members (excludes halogenated alkanes) is 1. The molecular weight excluding hydrogens is 176 g/mol. The lowest BCUT2D eigenvalue weighted by Crippen LogP contribution is -2.04. The minimum atomic E-state index is 0.805. The highest BCUT2D eigenvalue weighted by atomic mass is 16.5. The van der Waals surface area contributed by atoms with Crippen molar-refractivity contribution < 1.29 is 4.74 Å². The van der Waals surface area contributed by atoms with E-state index in [-0.39, 0.29) is 0 Å². The summed E-state index contributed by atoms with van der Waals surface area (Å²) in [6.07, 6.45) is 2.18. The Balaban J connectivity index is 2.21. The Kier molecular flexibility index (Phi) is 4.86. The molecule has 0 atom stereocenters. The molecule has 1 aromatic carbocycles. The zero-order valence-electron chi connectivity index (χ0n) is 8.62. The smallest absolute Gasteiger partial charge is 0.0573 e. The van der Waals surface area contributed by atoms with Crippen LogP contribution < -0.4 is 11.1 Å². The molecule has 1 rings (SSSR count). The average molecular weight is 194 g/mol. The average Bonchev–Trinajstić information content (AvgIpc) is 2.20. The fourth-order valence-electron chi connectivity index (χ4n) is 1.25. The predicted molar refractivity (Wildman–Crippen MR) is 60.5 cm³/mol. The Bertz CT molecular complexity index is 263. The molecule has 0 saturated heterocycles. The van der Waals surface area contributed by atoms with Crippen molar-refractivity contribution in [1.82, 2.24) is 0 Å². The largest absolute Gasteiger partial charge is 0.397 e. The number of nitrogens with one attached hydrogen (secondary N) is 1. The Labute approximate surface area is 85.3 Å². The van der Waals surface area contributed by atoms with E-state index in [0.29, 0.717) is 0 Å². The Morgan fingerprint density at radius 1 is 1.29 bits per heavy atom. The van der Waals surface area contributed by atoms with Crippen LogP contribution in [0.15, 0.2) is 24.3 Å². The van der Waals surface area contributed by atoms with Gasteiger partial charge in [0, 0.05) is 20.3 Å². The van der Waals surface area contributed by atoms with Crippen molar-refractivity contribution in [1.29, 1.82) is 0 Å². The van der Waals surface area contributed by atoms with E-state index in [0.717, 1.165) is 37.4 Å². The van der Waals surface area contributed by atoms with E-state index < -0.39 is 0 Å². The second kappa shape index (κ2) is 6.27. The van der Waals surface area contributed by atoms with Crippen molar-refractivity contribution >= 4 is 11.4 Å². The first-order chi connectivity index (χ1) is 6.84. The lowest BCUT2D eigenvalue weighted by atomic mass is 10.2. The van der Waals surface area contributed by atoms with Gasteiger partial charge in [0.2, 0.25) is 0 Å². The van der Waals surface area contributed by atoms with Crippen LogP contribution in [0.3, 0.4) is 0 Å². The van der Waals surface area contributed by atoms with Gasteiger partial charge in [-0.15, -0.1) is 0 Å². The van der Waals surface area contributed by atoms with Crippen LogP contribution in [0, 0.1) is 0 Å². The van der Waals surface area contributed by atoms with E-state index in [1.165, 1.54) is 0 Å². The van der Waals surface area contributed by atoms with Crippen molar-refractivity contribution in [2.75, 3.05) is 31.3 Å². The molecule has 3 N–H and O–H groups in total. The molecule has 78 valence electrons. The number of anilines is 2. The topological polar surface area (TPSA) is 47.3 Å². The highest BCUT2D eigenvalue weighted by Crippen LogP contribution is 2.16. The van der Waals surface area contributed by atoms with Gasteiger partial charge in [-0.05, 0) is 25.0 Å². The lowest BCUT2D eigenvalue weighted by Gasteiger charge is -2.08. The van der Waals surface area contributed by atoms with Crippen molar-refractivity contribution in [3.63, 3.8) is 0 Å². The van der Waals surface area contributed by atoms with Crippen LogP contribution in [0.1, 0.15) is 12.8 Å². The second-order valence-corrected chi connectivity index (χ2v) is 3.21. The Hall–Kier alpha value is -1.22. The molecule has 0 bridgehead atoms.